The van der Waals surface area contributed by atoms with E-state index in [4.69, 9.17) is 9.41 Å². The third kappa shape index (κ3) is 4.34. The molecule has 6 heterocycles. The molecular weight excluding hydrogens is 777 g/mol. The van der Waals surface area contributed by atoms with Crippen molar-refractivity contribution in [1.29, 1.82) is 0 Å². The third-order valence-electron chi connectivity index (χ3n) is 13.2. The summed E-state index contributed by atoms with van der Waals surface area (Å²) in [5.41, 5.74) is 8.66. The zero-order valence-corrected chi connectivity index (χ0v) is 34.7. The fourth-order valence-corrected chi connectivity index (χ4v) is 12.0. The molecule has 1 N–H and O–H groups in total. The van der Waals surface area contributed by atoms with E-state index in [9.17, 15) is 0 Å². The predicted octanol–water partition coefficient (Wildman–Crippen LogP) is 13.9. The molecule has 0 aliphatic carbocycles. The molecule has 1 unspecified atom stereocenters. The number of fused-ring (bicyclic) bond motifs is 20. The van der Waals surface area contributed by atoms with Crippen LogP contribution in [-0.4, -0.2) is 8.97 Å². The molecule has 292 valence electrons. The molecule has 0 bridgehead atoms. The molecular formula is C56H36N4OS. The minimum atomic E-state index is -0.412. The molecule has 1 aliphatic rings. The summed E-state index contributed by atoms with van der Waals surface area (Å²) in [7, 11) is 0. The van der Waals surface area contributed by atoms with Crippen LogP contribution in [0.2, 0.25) is 0 Å². The van der Waals surface area contributed by atoms with Crippen LogP contribution in [0.3, 0.4) is 0 Å². The molecule has 5 nitrogen and oxygen atoms in total. The molecule has 9 aromatic carbocycles. The van der Waals surface area contributed by atoms with Gasteiger partial charge in [0.1, 0.15) is 17.1 Å². The van der Waals surface area contributed by atoms with Gasteiger partial charge in [-0.25, -0.2) is 0 Å². The quantitative estimate of drug-likeness (QED) is 0.189. The topological polar surface area (TPSA) is 46.9 Å². The molecule has 1 aliphatic heterocycles. The number of hydrogen-bond donors (Lipinski definition) is 1. The van der Waals surface area contributed by atoms with Crippen molar-refractivity contribution in [3.05, 3.63) is 186 Å². The highest BCUT2D eigenvalue weighted by Crippen LogP contribution is 2.48. The zero-order chi connectivity index (χ0) is 40.8. The van der Waals surface area contributed by atoms with E-state index in [1.807, 2.05) is 25.2 Å². The lowest BCUT2D eigenvalue weighted by atomic mass is 9.99. The van der Waals surface area contributed by atoms with Gasteiger partial charge >= 0.3 is 0 Å². The number of hydrogen-bond acceptors (Lipinski definition) is 4. The van der Waals surface area contributed by atoms with Crippen LogP contribution in [0.25, 0.3) is 118 Å². The molecule has 0 amide bonds. The normalized spacial score (nSPS) is 14.4. The molecule has 14 aromatic rings. The van der Waals surface area contributed by atoms with E-state index in [0.29, 0.717) is 0 Å². The van der Waals surface area contributed by atoms with E-state index in [1.165, 1.54) is 85.3 Å². The first-order chi connectivity index (χ1) is 30.8. The number of furan rings is 1. The van der Waals surface area contributed by atoms with Crippen molar-refractivity contribution in [2.24, 2.45) is 4.99 Å². The second-order valence-electron chi connectivity index (χ2n) is 16.3. The summed E-state index contributed by atoms with van der Waals surface area (Å²) in [5.74, 6) is 0.893. The second kappa shape index (κ2) is 12.4. The first-order valence-electron chi connectivity index (χ1n) is 21.5. The highest BCUT2D eigenvalue weighted by Gasteiger charge is 2.29. The largest absolute Gasteiger partial charge is 0.450 e. The van der Waals surface area contributed by atoms with Crippen molar-refractivity contribution in [1.82, 2.24) is 14.3 Å². The van der Waals surface area contributed by atoms with Crippen LogP contribution in [0.15, 0.2) is 179 Å². The number of thiophene rings is 1. The van der Waals surface area contributed by atoms with Crippen LogP contribution >= 0.6 is 11.3 Å². The van der Waals surface area contributed by atoms with E-state index in [-0.39, 0.29) is 0 Å². The van der Waals surface area contributed by atoms with E-state index < -0.39 is 6.17 Å². The maximum absolute atomic E-state index is 7.08. The summed E-state index contributed by atoms with van der Waals surface area (Å²) in [6.07, 6.45) is -0.412. The zero-order valence-electron chi connectivity index (χ0n) is 33.9. The Morgan fingerprint density at radius 3 is 1.79 bits per heavy atom. The standard InChI is InChI=1S/C54H30N4OS.C2H6/c1-2-14-30-28-44-40(25-29(30)13-1)48-51(59-44)54(56-53(55-48)31-26-38-32-15-5-9-21-41(32)57-42-22-10-6-16-33(42)39(27-31)49(38)57)58-43-23-11-7-19-36(43)46-34-17-3-4-18-35(34)47-37-20-8-12-24-45(37)60-52(47)50(46)58;1-2/h1-28,53,56H;1-2H3. The molecule has 15 rings (SSSR count). The Bertz CT molecular complexity index is 4270. The van der Waals surface area contributed by atoms with Gasteiger partial charge in [0.2, 0.25) is 0 Å². The van der Waals surface area contributed by atoms with Crippen LogP contribution in [0, 0.1) is 0 Å². The van der Waals surface area contributed by atoms with Gasteiger partial charge < -0.3 is 14.1 Å². The Hall–Kier alpha value is -7.67. The SMILES string of the molecule is CC.c1ccc2cc3c4c(oc3cc2c1)=C(n1c2ccccc2c2c3ccccc3c3c5ccccc5sc3c21)NC(c1cc2c3ccccc3n3c5ccccc5c(c1)c23)N=4. The molecule has 6 heteroatoms. The Labute approximate surface area is 358 Å². The van der Waals surface area contributed by atoms with Crippen LogP contribution in [0.4, 0.5) is 0 Å². The number of nitrogens with zero attached hydrogens (tertiary/aromatic N) is 3. The van der Waals surface area contributed by atoms with Crippen LogP contribution < -0.4 is 16.1 Å². The van der Waals surface area contributed by atoms with Crippen molar-refractivity contribution in [3.63, 3.8) is 0 Å². The van der Waals surface area contributed by atoms with Crippen molar-refractivity contribution >= 4 is 130 Å². The lowest BCUT2D eigenvalue weighted by Crippen LogP contribution is -2.40. The number of nitrogens with one attached hydrogen (secondary N) is 1. The van der Waals surface area contributed by atoms with Gasteiger partial charge in [-0.3, -0.25) is 9.56 Å². The van der Waals surface area contributed by atoms with E-state index in [0.717, 1.165) is 49.4 Å². The van der Waals surface area contributed by atoms with Crippen molar-refractivity contribution in [2.45, 2.75) is 20.0 Å². The van der Waals surface area contributed by atoms with Gasteiger partial charge in [0.25, 0.3) is 0 Å². The van der Waals surface area contributed by atoms with Gasteiger partial charge in [-0.05, 0) is 75.6 Å². The predicted molar refractivity (Wildman–Crippen MR) is 261 cm³/mol. The molecule has 1 atom stereocenters. The summed E-state index contributed by atoms with van der Waals surface area (Å²) >= 11 is 1.87. The molecule has 62 heavy (non-hydrogen) atoms. The molecule has 0 saturated carbocycles. The van der Waals surface area contributed by atoms with Crippen molar-refractivity contribution in [3.8, 4) is 0 Å². The summed E-state index contributed by atoms with van der Waals surface area (Å²) in [6, 6.07) is 61.9. The summed E-state index contributed by atoms with van der Waals surface area (Å²) in [5, 5.41) is 20.8. The maximum Gasteiger partial charge on any atom is 0.194 e. The molecule has 0 fully saturated rings. The minimum absolute atomic E-state index is 0.412. The van der Waals surface area contributed by atoms with E-state index >= 15 is 0 Å². The maximum atomic E-state index is 7.08. The molecule has 5 aromatic heterocycles. The number of aromatic nitrogens is 2. The van der Waals surface area contributed by atoms with Gasteiger partial charge in [0.15, 0.2) is 11.2 Å². The number of benzene rings is 9. The fourth-order valence-electron chi connectivity index (χ4n) is 10.7. The lowest BCUT2D eigenvalue weighted by Gasteiger charge is -2.23. The van der Waals surface area contributed by atoms with Gasteiger partial charge in [-0.1, -0.05) is 135 Å². The first kappa shape index (κ1) is 34.1. The smallest absolute Gasteiger partial charge is 0.194 e. The van der Waals surface area contributed by atoms with Gasteiger partial charge in [0.05, 0.1) is 32.3 Å². The van der Waals surface area contributed by atoms with Gasteiger partial charge in [-0.2, -0.15) is 0 Å². The fraction of sp³-hybridized carbons (Fsp3) is 0.0536. The van der Waals surface area contributed by atoms with Crippen LogP contribution in [0.1, 0.15) is 25.6 Å². The third-order valence-corrected chi connectivity index (χ3v) is 14.4. The highest BCUT2D eigenvalue weighted by molar-refractivity contribution is 7.27. The summed E-state index contributed by atoms with van der Waals surface area (Å²) in [4.78, 5) is 5.65. The summed E-state index contributed by atoms with van der Waals surface area (Å²) < 4.78 is 14.5. The Morgan fingerprint density at radius 2 is 1.08 bits per heavy atom. The van der Waals surface area contributed by atoms with Crippen molar-refractivity contribution < 1.29 is 4.42 Å². The summed E-state index contributed by atoms with van der Waals surface area (Å²) in [6.45, 7) is 4.00. The molecule has 0 radical (unpaired) electrons. The van der Waals surface area contributed by atoms with Crippen LogP contribution in [-0.2, 0) is 0 Å². The Kier molecular flexibility index (Phi) is 6.84. The minimum Gasteiger partial charge on any atom is -0.450 e. The average Bonchev–Trinajstić information content (AvgIpc) is 4.14. The Morgan fingerprint density at radius 1 is 0.516 bits per heavy atom. The number of rotatable bonds is 2. The lowest BCUT2D eigenvalue weighted by molar-refractivity contribution is 0.526. The van der Waals surface area contributed by atoms with Gasteiger partial charge in [-0.15, -0.1) is 11.3 Å². The first-order valence-corrected chi connectivity index (χ1v) is 22.3. The van der Waals surface area contributed by atoms with E-state index in [2.05, 4.69) is 184 Å². The van der Waals surface area contributed by atoms with E-state index in [1.54, 1.807) is 0 Å². The highest BCUT2D eigenvalue weighted by atomic mass is 32.1. The van der Waals surface area contributed by atoms with Crippen molar-refractivity contribution in [2.75, 3.05) is 0 Å². The van der Waals surface area contributed by atoms with Crippen LogP contribution in [0.5, 0.6) is 0 Å². The second-order valence-corrected chi connectivity index (χ2v) is 17.3. The number of para-hydroxylation sites is 3. The molecule has 0 spiro atoms. The molecule has 0 saturated heterocycles. The average molecular weight is 813 g/mol. The Balaban J connectivity index is 0.00000185. The monoisotopic (exact) mass is 812 g/mol. The van der Waals surface area contributed by atoms with Gasteiger partial charge in [0, 0.05) is 53.2 Å².